The molecule has 0 radical (unpaired) electrons. The number of hydrogen-bond acceptors (Lipinski definition) is 5. The van der Waals surface area contributed by atoms with E-state index >= 15 is 0 Å². The zero-order valence-electron chi connectivity index (χ0n) is 12.9. The highest BCUT2D eigenvalue weighted by Gasteiger charge is 2.22. The molecule has 2 heterocycles. The van der Waals surface area contributed by atoms with E-state index in [0.717, 1.165) is 19.4 Å². The lowest BCUT2D eigenvalue weighted by Gasteiger charge is -2.27. The Balaban J connectivity index is 1.78. The molecule has 3 rings (SSSR count). The maximum absolute atomic E-state index is 5.82. The first-order valence-corrected chi connectivity index (χ1v) is 7.46. The lowest BCUT2D eigenvalue weighted by atomic mass is 10.0. The molecule has 21 heavy (non-hydrogen) atoms. The summed E-state index contributed by atoms with van der Waals surface area (Å²) in [5, 5.41) is 11.7. The van der Waals surface area contributed by atoms with Gasteiger partial charge in [-0.1, -0.05) is 23.3 Å². The van der Waals surface area contributed by atoms with Crippen molar-refractivity contribution in [2.24, 2.45) is 0 Å². The predicted octanol–water partition coefficient (Wildman–Crippen LogP) is 3.04. The molecule has 5 heteroatoms. The molecule has 0 bridgehead atoms. The van der Waals surface area contributed by atoms with Gasteiger partial charge in [0.2, 0.25) is 5.89 Å². The molecule has 0 fully saturated rings. The monoisotopic (exact) mass is 286 g/mol. The molecule has 1 aliphatic heterocycles. The number of anilines is 2. The van der Waals surface area contributed by atoms with Crippen LogP contribution in [0.4, 0.5) is 11.7 Å². The van der Waals surface area contributed by atoms with Crippen molar-refractivity contribution in [1.29, 1.82) is 0 Å². The minimum atomic E-state index is 0.0341. The molecule has 5 nitrogen and oxygen atoms in total. The maximum atomic E-state index is 5.82. The summed E-state index contributed by atoms with van der Waals surface area (Å²) in [6, 6.07) is 9.00. The van der Waals surface area contributed by atoms with Crippen LogP contribution in [0, 0.1) is 0 Å². The van der Waals surface area contributed by atoms with Gasteiger partial charge >= 0.3 is 6.01 Å². The minimum Gasteiger partial charge on any atom is -0.406 e. The average molecular weight is 286 g/mol. The molecule has 0 saturated heterocycles. The van der Waals surface area contributed by atoms with Crippen molar-refractivity contribution < 1.29 is 4.42 Å². The maximum Gasteiger partial charge on any atom is 0.322 e. The third-order valence-corrected chi connectivity index (χ3v) is 3.57. The van der Waals surface area contributed by atoms with Gasteiger partial charge in [0.05, 0.1) is 6.54 Å². The van der Waals surface area contributed by atoms with Gasteiger partial charge in [-0.25, -0.2) is 0 Å². The highest BCUT2D eigenvalue weighted by atomic mass is 16.4. The normalized spacial score (nSPS) is 15.1. The van der Waals surface area contributed by atoms with Crippen LogP contribution in [0.25, 0.3) is 0 Å². The first-order chi connectivity index (χ1) is 10.0. The molecule has 0 amide bonds. The van der Waals surface area contributed by atoms with E-state index in [-0.39, 0.29) is 5.54 Å². The van der Waals surface area contributed by atoms with Crippen molar-refractivity contribution in [1.82, 2.24) is 15.5 Å². The summed E-state index contributed by atoms with van der Waals surface area (Å²) in [5.74, 6) is 0.628. The highest BCUT2D eigenvalue weighted by Crippen LogP contribution is 2.32. The van der Waals surface area contributed by atoms with Gasteiger partial charge in [0, 0.05) is 17.8 Å². The quantitative estimate of drug-likeness (QED) is 0.940. The Morgan fingerprint density at radius 1 is 1.24 bits per heavy atom. The van der Waals surface area contributed by atoms with Crippen LogP contribution in [0.3, 0.4) is 0 Å². The van der Waals surface area contributed by atoms with Crippen molar-refractivity contribution in [2.75, 3.05) is 11.4 Å². The molecule has 0 spiro atoms. The molecule has 0 unspecified atom stereocenters. The second-order valence-electron chi connectivity index (χ2n) is 6.47. The molecule has 2 aromatic rings. The van der Waals surface area contributed by atoms with Crippen LogP contribution in [-0.2, 0) is 13.0 Å². The number of fused-ring (bicyclic) bond motifs is 1. The third-order valence-electron chi connectivity index (χ3n) is 3.57. The number of nitrogens with zero attached hydrogens (tertiary/aromatic N) is 3. The minimum absolute atomic E-state index is 0.0341. The second kappa shape index (κ2) is 5.48. The fourth-order valence-electron chi connectivity index (χ4n) is 2.50. The largest absolute Gasteiger partial charge is 0.406 e. The summed E-state index contributed by atoms with van der Waals surface area (Å²) in [6.07, 6.45) is 2.22. The predicted molar refractivity (Wildman–Crippen MR) is 82.7 cm³/mol. The summed E-state index contributed by atoms with van der Waals surface area (Å²) >= 11 is 0. The first kappa shape index (κ1) is 14.1. The van der Waals surface area contributed by atoms with Gasteiger partial charge < -0.3 is 9.73 Å². The van der Waals surface area contributed by atoms with Gasteiger partial charge in [-0.05, 0) is 45.2 Å². The molecular formula is C16H22N4O. The van der Waals surface area contributed by atoms with Crippen molar-refractivity contribution in [2.45, 2.75) is 45.7 Å². The van der Waals surface area contributed by atoms with Crippen LogP contribution < -0.4 is 10.2 Å². The van der Waals surface area contributed by atoms with E-state index in [2.05, 4.69) is 65.5 Å². The van der Waals surface area contributed by atoms with Crippen LogP contribution in [0.5, 0.6) is 0 Å². The molecular weight excluding hydrogens is 264 g/mol. The number of hydrogen-bond donors (Lipinski definition) is 1. The molecule has 1 aromatic carbocycles. The molecule has 1 aromatic heterocycles. The number of para-hydroxylation sites is 1. The van der Waals surface area contributed by atoms with Crippen LogP contribution in [0.15, 0.2) is 28.7 Å². The lowest BCUT2D eigenvalue weighted by Crippen LogP contribution is -2.35. The van der Waals surface area contributed by atoms with Gasteiger partial charge in [-0.2, -0.15) is 0 Å². The van der Waals surface area contributed by atoms with Crippen LogP contribution >= 0.6 is 0 Å². The van der Waals surface area contributed by atoms with Crippen LogP contribution in [0.1, 0.15) is 38.6 Å². The smallest absolute Gasteiger partial charge is 0.322 e. The molecule has 1 N–H and O–H groups in total. The van der Waals surface area contributed by atoms with E-state index in [1.165, 1.54) is 11.3 Å². The molecule has 112 valence electrons. The lowest BCUT2D eigenvalue weighted by molar-refractivity contribution is 0.381. The summed E-state index contributed by atoms with van der Waals surface area (Å²) < 4.78 is 5.82. The van der Waals surface area contributed by atoms with Crippen molar-refractivity contribution in [3.8, 4) is 0 Å². The summed E-state index contributed by atoms with van der Waals surface area (Å²) in [4.78, 5) is 2.12. The van der Waals surface area contributed by atoms with E-state index in [4.69, 9.17) is 4.42 Å². The van der Waals surface area contributed by atoms with E-state index < -0.39 is 0 Å². The van der Waals surface area contributed by atoms with Crippen LogP contribution in [0.2, 0.25) is 0 Å². The van der Waals surface area contributed by atoms with Gasteiger partial charge in [0.25, 0.3) is 0 Å². The molecule has 1 aliphatic rings. The van der Waals surface area contributed by atoms with Crippen LogP contribution in [-0.4, -0.2) is 22.3 Å². The van der Waals surface area contributed by atoms with Crippen molar-refractivity contribution >= 4 is 11.7 Å². The Labute approximate surface area is 125 Å². The molecule has 0 aliphatic carbocycles. The Bertz CT molecular complexity index is 615. The van der Waals surface area contributed by atoms with E-state index in [1.807, 2.05) is 0 Å². The highest BCUT2D eigenvalue weighted by molar-refractivity contribution is 5.62. The zero-order valence-corrected chi connectivity index (χ0v) is 12.9. The number of nitrogens with one attached hydrogen (secondary N) is 1. The summed E-state index contributed by atoms with van der Waals surface area (Å²) in [7, 11) is 0. The Morgan fingerprint density at radius 3 is 2.86 bits per heavy atom. The summed E-state index contributed by atoms with van der Waals surface area (Å²) in [6.45, 7) is 7.86. The van der Waals surface area contributed by atoms with Gasteiger partial charge in [-0.15, -0.1) is 5.10 Å². The standard InChI is InChI=1S/C16H22N4O/c1-16(2,3)17-11-14-18-19-15(21-14)20-10-6-8-12-7-4-5-9-13(12)20/h4-5,7,9,17H,6,8,10-11H2,1-3H3. The Morgan fingerprint density at radius 2 is 2.05 bits per heavy atom. The number of aromatic nitrogens is 2. The molecule has 0 saturated carbocycles. The van der Waals surface area contributed by atoms with E-state index in [9.17, 15) is 0 Å². The van der Waals surface area contributed by atoms with E-state index in [0.29, 0.717) is 18.5 Å². The van der Waals surface area contributed by atoms with E-state index in [1.54, 1.807) is 0 Å². The number of rotatable bonds is 3. The van der Waals surface area contributed by atoms with Crippen molar-refractivity contribution in [3.63, 3.8) is 0 Å². The van der Waals surface area contributed by atoms with Crippen molar-refractivity contribution in [3.05, 3.63) is 35.7 Å². The summed E-state index contributed by atoms with van der Waals surface area (Å²) in [5.41, 5.74) is 2.56. The topological polar surface area (TPSA) is 54.2 Å². The average Bonchev–Trinajstić information content (AvgIpc) is 2.92. The first-order valence-electron chi connectivity index (χ1n) is 7.46. The fraction of sp³-hybridized carbons (Fsp3) is 0.500. The Kier molecular flexibility index (Phi) is 3.68. The third kappa shape index (κ3) is 3.24. The number of aryl methyl sites for hydroxylation is 1. The fourth-order valence-corrected chi connectivity index (χ4v) is 2.50. The Hall–Kier alpha value is -1.88. The SMILES string of the molecule is CC(C)(C)NCc1nnc(N2CCCc3ccccc32)o1. The van der Waals surface area contributed by atoms with Gasteiger partial charge in [-0.3, -0.25) is 4.90 Å². The van der Waals surface area contributed by atoms with Gasteiger partial charge in [0.1, 0.15) is 0 Å². The number of benzene rings is 1. The second-order valence-corrected chi connectivity index (χ2v) is 6.47. The van der Waals surface area contributed by atoms with Gasteiger partial charge in [0.15, 0.2) is 0 Å². The molecule has 0 atom stereocenters. The zero-order chi connectivity index (χ0) is 14.9.